The summed E-state index contributed by atoms with van der Waals surface area (Å²) in [5, 5.41) is -1.08. The Bertz CT molecular complexity index is 1150. The monoisotopic (exact) mass is 582 g/mol. The van der Waals surface area contributed by atoms with Gasteiger partial charge in [-0.25, -0.2) is 13.4 Å². The van der Waals surface area contributed by atoms with E-state index in [0.29, 0.717) is 17.5 Å². The van der Waals surface area contributed by atoms with Crippen LogP contribution in [0.2, 0.25) is 0 Å². The minimum Gasteiger partial charge on any atom is -0.744 e. The van der Waals surface area contributed by atoms with Gasteiger partial charge in [0, 0.05) is 6.42 Å². The minimum absolute atomic E-state index is 0. The summed E-state index contributed by atoms with van der Waals surface area (Å²) in [6.45, 7) is 3.58. The number of rotatable bonds is 19. The molecule has 11 heteroatoms. The summed E-state index contributed by atoms with van der Waals surface area (Å²) in [5.74, 6) is 0.720. The van der Waals surface area contributed by atoms with Gasteiger partial charge in [-0.15, -0.1) is 0 Å². The van der Waals surface area contributed by atoms with Crippen LogP contribution in [0, 0.1) is 0 Å². The largest absolute Gasteiger partial charge is 1.00 e. The molecule has 1 aromatic carbocycles. The molecule has 2 aromatic rings. The Morgan fingerprint density at radius 3 is 1.86 bits per heavy atom. The Labute approximate surface area is 266 Å². The van der Waals surface area contributed by atoms with E-state index in [9.17, 15) is 25.9 Å². The molecule has 2 rings (SSSR count). The van der Waals surface area contributed by atoms with Gasteiger partial charge in [0.05, 0.1) is 21.2 Å². The number of unbranched alkanes of at least 4 members (excludes halogenated alkanes) is 12. The van der Waals surface area contributed by atoms with Crippen LogP contribution in [0.25, 0.3) is 11.0 Å². The topological polar surface area (TPSA) is 140 Å². The van der Waals surface area contributed by atoms with Crippen LogP contribution in [-0.2, 0) is 33.1 Å². The fraction of sp³-hybridized carbons (Fsp3) is 0.731. The first-order valence-corrected chi connectivity index (χ1v) is 16.4. The number of hydrogen-bond acceptors (Lipinski definition) is 6. The van der Waals surface area contributed by atoms with Crippen LogP contribution in [0.5, 0.6) is 0 Å². The van der Waals surface area contributed by atoms with Crippen LogP contribution in [0.3, 0.4) is 0 Å². The molecule has 0 saturated carbocycles. The molecule has 0 spiro atoms. The van der Waals surface area contributed by atoms with Crippen molar-refractivity contribution in [2.75, 3.05) is 0 Å². The van der Waals surface area contributed by atoms with E-state index in [1.54, 1.807) is 0 Å². The molecule has 0 amide bonds. The summed E-state index contributed by atoms with van der Waals surface area (Å²) < 4.78 is 67.3. The summed E-state index contributed by atoms with van der Waals surface area (Å²) in [4.78, 5) is 7.36. The molecule has 1 aromatic heterocycles. The zero-order chi connectivity index (χ0) is 26.6. The smallest absolute Gasteiger partial charge is 0.744 e. The molecule has 0 aliphatic rings. The molecule has 206 valence electrons. The Kier molecular flexibility index (Phi) is 16.9. The number of benzene rings is 1. The minimum atomic E-state index is -4.76. The van der Waals surface area contributed by atoms with Crippen LogP contribution in [0.4, 0.5) is 0 Å². The third-order valence-electron chi connectivity index (χ3n) is 6.86. The number of imidazole rings is 1. The normalized spacial score (nSPS) is 13.1. The average molecular weight is 583 g/mol. The van der Waals surface area contributed by atoms with Crippen LogP contribution >= 0.6 is 0 Å². The summed E-state index contributed by atoms with van der Waals surface area (Å²) in [6, 6.07) is 2.77. The predicted molar refractivity (Wildman–Crippen MR) is 143 cm³/mol. The molecule has 0 radical (unpaired) electrons. The summed E-state index contributed by atoms with van der Waals surface area (Å²) in [7, 11) is -9.01. The van der Waals surface area contributed by atoms with E-state index in [1.807, 2.05) is 0 Å². The molecular weight excluding hydrogens is 540 g/mol. The molecule has 0 aliphatic carbocycles. The number of H-pyrrole nitrogens is 1. The van der Waals surface area contributed by atoms with Crippen molar-refractivity contribution in [2.45, 2.75) is 127 Å². The number of aromatic nitrogens is 2. The first-order chi connectivity index (χ1) is 17.0. The van der Waals surface area contributed by atoms with Crippen molar-refractivity contribution >= 4 is 31.3 Å². The van der Waals surface area contributed by atoms with Gasteiger partial charge in [0.15, 0.2) is 0 Å². The van der Waals surface area contributed by atoms with Crippen LogP contribution < -0.4 is 51.4 Å². The van der Waals surface area contributed by atoms with Crippen molar-refractivity contribution in [3.05, 3.63) is 23.5 Å². The number of aryl methyl sites for hydroxylation is 2. The molecule has 0 saturated heterocycles. The molecule has 0 fully saturated rings. The van der Waals surface area contributed by atoms with Gasteiger partial charge in [-0.2, -0.15) is 8.42 Å². The molecule has 8 nitrogen and oxygen atoms in total. The fourth-order valence-electron chi connectivity index (χ4n) is 4.57. The second-order valence-corrected chi connectivity index (χ2v) is 13.1. The van der Waals surface area contributed by atoms with Gasteiger partial charge >= 0.3 is 51.4 Å². The second kappa shape index (κ2) is 17.8. The van der Waals surface area contributed by atoms with Crippen molar-refractivity contribution in [1.82, 2.24) is 9.97 Å². The van der Waals surface area contributed by atoms with E-state index < -0.39 is 30.4 Å². The molecule has 1 atom stereocenters. The Morgan fingerprint density at radius 2 is 1.38 bits per heavy atom. The number of aromatic amines is 1. The molecule has 1 unspecified atom stereocenters. The summed E-state index contributed by atoms with van der Waals surface area (Å²) in [5.41, 5.74) is 1.19. The van der Waals surface area contributed by atoms with Gasteiger partial charge in [0.1, 0.15) is 15.9 Å². The van der Waals surface area contributed by atoms with Crippen molar-refractivity contribution in [3.8, 4) is 0 Å². The zero-order valence-electron chi connectivity index (χ0n) is 22.8. The van der Waals surface area contributed by atoms with E-state index in [2.05, 4.69) is 16.9 Å². The maximum absolute atomic E-state index is 11.8. The van der Waals surface area contributed by atoms with E-state index in [-0.39, 0.29) is 69.8 Å². The average Bonchev–Trinajstić information content (AvgIpc) is 3.22. The van der Waals surface area contributed by atoms with Gasteiger partial charge < -0.3 is 9.54 Å². The zero-order valence-corrected chi connectivity index (χ0v) is 27.6. The van der Waals surface area contributed by atoms with Gasteiger partial charge in [-0.1, -0.05) is 84.0 Å². The maximum atomic E-state index is 11.8. The van der Waals surface area contributed by atoms with Crippen molar-refractivity contribution in [3.63, 3.8) is 0 Å². The number of nitrogens with zero attached hydrogens (tertiary/aromatic N) is 1. The van der Waals surface area contributed by atoms with E-state index >= 15 is 0 Å². The molecule has 1 heterocycles. The Balaban J connectivity index is 0.00000684. The van der Waals surface area contributed by atoms with Gasteiger partial charge in [-0.3, -0.25) is 4.55 Å². The predicted octanol–water partition coefficient (Wildman–Crippen LogP) is 3.31. The third kappa shape index (κ3) is 12.9. The standard InChI is InChI=1S/C26H44N2O6S2.K/c1-3-4-5-6-7-8-9-10-11-12-13-14-15-16-25-27-23-19-20-24(36(32,33)34)22(26(23)28-25)18-17-21(2)35(29,30)31;/h19-21H,3-18H2,1-2H3,(H,27,28)(H,29,30,31)(H,32,33,34);/q;+1/p-1. The number of fused-ring (bicyclic) bond motifs is 1. The third-order valence-corrected chi connectivity index (χ3v) is 9.04. The van der Waals surface area contributed by atoms with E-state index in [0.717, 1.165) is 18.7 Å². The fourth-order valence-corrected chi connectivity index (χ4v) is 5.72. The first kappa shape index (κ1) is 35.2. The van der Waals surface area contributed by atoms with E-state index in [4.69, 9.17) is 0 Å². The van der Waals surface area contributed by atoms with Crippen molar-refractivity contribution in [2.24, 2.45) is 0 Å². The van der Waals surface area contributed by atoms with Gasteiger partial charge in [0.25, 0.3) is 10.1 Å². The number of nitrogens with one attached hydrogen (secondary N) is 1. The Morgan fingerprint density at radius 1 is 0.865 bits per heavy atom. The van der Waals surface area contributed by atoms with Crippen LogP contribution in [-0.4, -0.2) is 41.2 Å². The van der Waals surface area contributed by atoms with Crippen LogP contribution in [0.1, 0.15) is 115 Å². The molecule has 0 aliphatic heterocycles. The molecule has 37 heavy (non-hydrogen) atoms. The molecule has 0 bridgehead atoms. The van der Waals surface area contributed by atoms with E-state index in [1.165, 1.54) is 89.7 Å². The summed E-state index contributed by atoms with van der Waals surface area (Å²) in [6.07, 6.45) is 17.2. The van der Waals surface area contributed by atoms with Gasteiger partial charge in [0.2, 0.25) is 0 Å². The summed E-state index contributed by atoms with van der Waals surface area (Å²) >= 11 is 0. The van der Waals surface area contributed by atoms with Crippen molar-refractivity contribution in [1.29, 1.82) is 0 Å². The maximum Gasteiger partial charge on any atom is 1.00 e. The first-order valence-electron chi connectivity index (χ1n) is 13.5. The van der Waals surface area contributed by atoms with Crippen LogP contribution in [0.15, 0.2) is 17.0 Å². The SMILES string of the molecule is CCCCCCCCCCCCCCCc1nc2c(CCC(C)S(=O)(=O)O)c(S(=O)(=O)[O-])ccc2[nH]1.[K+]. The van der Waals surface area contributed by atoms with Gasteiger partial charge in [-0.05, 0) is 43.9 Å². The molecular formula is C26H43KN2O6S2. The number of hydrogen-bond donors (Lipinski definition) is 2. The Hall–Kier alpha value is 0.146. The second-order valence-electron chi connectivity index (χ2n) is 9.93. The quantitative estimate of drug-likeness (QED) is 0.147. The van der Waals surface area contributed by atoms with Crippen molar-refractivity contribution < 1.29 is 77.3 Å². The molecule has 2 N–H and O–H groups in total.